The fraction of sp³-hybridized carbons (Fsp3) is 0.500. The predicted octanol–water partition coefficient (Wildman–Crippen LogP) is 1.01. The van der Waals surface area contributed by atoms with Gasteiger partial charge in [0, 0.05) is 13.8 Å². The molecular weight excluding hydrogens is 160 g/mol. The summed E-state index contributed by atoms with van der Waals surface area (Å²) in [7, 11) is 0. The van der Waals surface area contributed by atoms with Gasteiger partial charge in [0.15, 0.2) is 0 Å². The maximum atomic E-state index is 10.4. The molecule has 0 aromatic heterocycles. The van der Waals surface area contributed by atoms with Crippen molar-refractivity contribution in [3.63, 3.8) is 0 Å². The third kappa shape index (κ3) is 6.80. The molecule has 1 unspecified atom stereocenters. The highest BCUT2D eigenvalue weighted by Gasteiger charge is 1.99. The van der Waals surface area contributed by atoms with Crippen LogP contribution < -0.4 is 0 Å². The Balaban J connectivity index is 3.67. The molecule has 12 heavy (non-hydrogen) atoms. The highest BCUT2D eigenvalue weighted by molar-refractivity contribution is 5.67. The molecule has 0 N–H and O–H groups in total. The minimum Gasteiger partial charge on any atom is -0.458 e. The number of carbonyl (C=O) groups is 2. The second kappa shape index (κ2) is 5.35. The van der Waals surface area contributed by atoms with E-state index in [0.29, 0.717) is 0 Å². The van der Waals surface area contributed by atoms with Crippen LogP contribution in [-0.2, 0) is 19.1 Å². The van der Waals surface area contributed by atoms with Crippen molar-refractivity contribution in [2.24, 2.45) is 0 Å². The van der Waals surface area contributed by atoms with Crippen molar-refractivity contribution in [2.45, 2.75) is 26.9 Å². The smallest absolute Gasteiger partial charge is 0.307 e. The Bertz CT molecular complexity index is 195. The van der Waals surface area contributed by atoms with E-state index in [4.69, 9.17) is 4.74 Å². The van der Waals surface area contributed by atoms with Crippen molar-refractivity contribution in [1.82, 2.24) is 0 Å². The number of rotatable bonds is 3. The minimum absolute atomic E-state index is 0.366. The summed E-state index contributed by atoms with van der Waals surface area (Å²) < 4.78 is 9.20. The predicted molar refractivity (Wildman–Crippen MR) is 42.1 cm³/mol. The first kappa shape index (κ1) is 10.7. The van der Waals surface area contributed by atoms with Gasteiger partial charge in [-0.3, -0.25) is 9.59 Å². The summed E-state index contributed by atoms with van der Waals surface area (Å²) in [5.41, 5.74) is 0. The molecule has 68 valence electrons. The molecule has 0 fully saturated rings. The summed E-state index contributed by atoms with van der Waals surface area (Å²) in [6, 6.07) is 0. The Morgan fingerprint density at radius 3 is 2.25 bits per heavy atom. The van der Waals surface area contributed by atoms with Crippen molar-refractivity contribution in [1.29, 1.82) is 0 Å². The van der Waals surface area contributed by atoms with Gasteiger partial charge in [-0.05, 0) is 13.0 Å². The molecular formula is C8H12O4. The molecule has 0 saturated carbocycles. The molecule has 0 amide bonds. The molecule has 1 atom stereocenters. The molecule has 0 bridgehead atoms. The zero-order valence-electron chi connectivity index (χ0n) is 7.37. The molecule has 0 aliphatic rings. The van der Waals surface area contributed by atoms with E-state index < -0.39 is 5.97 Å². The van der Waals surface area contributed by atoms with Crippen LogP contribution in [0.3, 0.4) is 0 Å². The Kier molecular flexibility index (Phi) is 4.76. The van der Waals surface area contributed by atoms with Gasteiger partial charge in [0.05, 0.1) is 6.26 Å². The summed E-state index contributed by atoms with van der Waals surface area (Å²) in [4.78, 5) is 20.7. The molecule has 0 aliphatic heterocycles. The second-order valence-corrected chi connectivity index (χ2v) is 2.25. The van der Waals surface area contributed by atoms with E-state index in [0.717, 1.165) is 0 Å². The lowest BCUT2D eigenvalue weighted by molar-refractivity contribution is -0.143. The number of esters is 2. The van der Waals surface area contributed by atoms with Crippen LogP contribution in [0, 0.1) is 0 Å². The fourth-order valence-electron chi connectivity index (χ4n) is 0.547. The van der Waals surface area contributed by atoms with E-state index in [1.165, 1.54) is 26.2 Å². The van der Waals surface area contributed by atoms with Crippen LogP contribution in [0.15, 0.2) is 12.3 Å². The Hall–Kier alpha value is -1.32. The molecule has 4 nitrogen and oxygen atoms in total. The maximum Gasteiger partial charge on any atom is 0.307 e. The highest BCUT2D eigenvalue weighted by Crippen LogP contribution is 1.93. The average Bonchev–Trinajstić information content (AvgIpc) is 1.84. The van der Waals surface area contributed by atoms with E-state index in [1.807, 2.05) is 0 Å². The van der Waals surface area contributed by atoms with Crippen LogP contribution in [0.5, 0.6) is 0 Å². The lowest BCUT2D eigenvalue weighted by Crippen LogP contribution is -2.09. The van der Waals surface area contributed by atoms with Crippen molar-refractivity contribution >= 4 is 11.9 Å². The first-order valence-electron chi connectivity index (χ1n) is 3.53. The van der Waals surface area contributed by atoms with Gasteiger partial charge in [0.2, 0.25) is 0 Å². The maximum absolute atomic E-state index is 10.4. The largest absolute Gasteiger partial charge is 0.458 e. The third-order valence-corrected chi connectivity index (χ3v) is 0.935. The van der Waals surface area contributed by atoms with Gasteiger partial charge < -0.3 is 9.47 Å². The lowest BCUT2D eigenvalue weighted by Gasteiger charge is -2.04. The van der Waals surface area contributed by atoms with E-state index in [2.05, 4.69) is 4.74 Å². The molecule has 0 aromatic rings. The first-order valence-corrected chi connectivity index (χ1v) is 3.53. The third-order valence-electron chi connectivity index (χ3n) is 0.935. The number of hydrogen-bond acceptors (Lipinski definition) is 4. The quantitative estimate of drug-likeness (QED) is 0.471. The zero-order valence-corrected chi connectivity index (χ0v) is 7.37. The molecule has 0 heterocycles. The molecule has 0 saturated heterocycles. The monoisotopic (exact) mass is 172 g/mol. The SMILES string of the molecule is CC(=O)OC=CC(C)OC(C)=O. The zero-order chi connectivity index (χ0) is 9.56. The molecule has 0 aromatic carbocycles. The first-order chi connectivity index (χ1) is 5.52. The van der Waals surface area contributed by atoms with Gasteiger partial charge in [-0.25, -0.2) is 0 Å². The summed E-state index contributed by atoms with van der Waals surface area (Å²) in [5.74, 6) is -0.767. The van der Waals surface area contributed by atoms with Crippen LogP contribution in [0.4, 0.5) is 0 Å². The molecule has 4 heteroatoms. The van der Waals surface area contributed by atoms with Crippen LogP contribution in [0.25, 0.3) is 0 Å². The highest BCUT2D eigenvalue weighted by atomic mass is 16.5. The van der Waals surface area contributed by atoms with Gasteiger partial charge in [-0.15, -0.1) is 0 Å². The average molecular weight is 172 g/mol. The van der Waals surface area contributed by atoms with Gasteiger partial charge in [-0.1, -0.05) is 0 Å². The normalized spacial score (nSPS) is 12.6. The van der Waals surface area contributed by atoms with Crippen LogP contribution in [0.1, 0.15) is 20.8 Å². The van der Waals surface area contributed by atoms with Gasteiger partial charge in [0.1, 0.15) is 6.10 Å². The van der Waals surface area contributed by atoms with E-state index in [1.54, 1.807) is 6.92 Å². The topological polar surface area (TPSA) is 52.6 Å². The lowest BCUT2D eigenvalue weighted by atomic mass is 10.4. The molecule has 0 aliphatic carbocycles. The minimum atomic E-state index is -0.402. The number of carbonyl (C=O) groups excluding carboxylic acids is 2. The number of ether oxygens (including phenoxy) is 2. The Labute approximate surface area is 71.2 Å². The van der Waals surface area contributed by atoms with E-state index in [-0.39, 0.29) is 12.1 Å². The van der Waals surface area contributed by atoms with Crippen LogP contribution in [0.2, 0.25) is 0 Å². The van der Waals surface area contributed by atoms with Crippen LogP contribution in [-0.4, -0.2) is 18.0 Å². The van der Waals surface area contributed by atoms with Crippen molar-refractivity contribution in [3.05, 3.63) is 12.3 Å². The fourth-order valence-corrected chi connectivity index (χ4v) is 0.547. The second-order valence-electron chi connectivity index (χ2n) is 2.25. The molecule has 0 radical (unpaired) electrons. The van der Waals surface area contributed by atoms with Crippen LogP contribution >= 0.6 is 0 Å². The van der Waals surface area contributed by atoms with E-state index in [9.17, 15) is 9.59 Å². The molecule has 0 rings (SSSR count). The summed E-state index contributed by atoms with van der Waals surface area (Å²) in [6.45, 7) is 4.28. The molecule has 0 spiro atoms. The summed E-state index contributed by atoms with van der Waals surface area (Å²) in [5, 5.41) is 0. The Morgan fingerprint density at radius 1 is 1.25 bits per heavy atom. The number of hydrogen-bond donors (Lipinski definition) is 0. The standard InChI is InChI=1S/C8H12O4/c1-6(12-8(3)10)4-5-11-7(2)9/h4-6H,1-3H3. The van der Waals surface area contributed by atoms with E-state index >= 15 is 0 Å². The summed E-state index contributed by atoms with van der Waals surface area (Å²) >= 11 is 0. The van der Waals surface area contributed by atoms with Crippen molar-refractivity contribution < 1.29 is 19.1 Å². The van der Waals surface area contributed by atoms with Crippen molar-refractivity contribution in [3.8, 4) is 0 Å². The Morgan fingerprint density at radius 2 is 1.83 bits per heavy atom. The van der Waals surface area contributed by atoms with Gasteiger partial charge in [0.25, 0.3) is 0 Å². The van der Waals surface area contributed by atoms with Gasteiger partial charge in [-0.2, -0.15) is 0 Å². The van der Waals surface area contributed by atoms with Crippen molar-refractivity contribution in [2.75, 3.05) is 0 Å². The summed E-state index contributed by atoms with van der Waals surface area (Å²) in [6.07, 6.45) is 2.31. The van der Waals surface area contributed by atoms with Gasteiger partial charge >= 0.3 is 11.9 Å².